The minimum absolute atomic E-state index is 0.0722. The summed E-state index contributed by atoms with van der Waals surface area (Å²) in [5, 5.41) is 0.638. The molecule has 2 unspecified atom stereocenters. The summed E-state index contributed by atoms with van der Waals surface area (Å²) in [6.07, 6.45) is 3.55. The van der Waals surface area contributed by atoms with Gasteiger partial charge in [0.25, 0.3) is 0 Å². The third-order valence-electron chi connectivity index (χ3n) is 6.61. The Morgan fingerprint density at radius 3 is 2.19 bits per heavy atom. The van der Waals surface area contributed by atoms with Gasteiger partial charge >= 0.3 is 0 Å². The number of piperidine rings is 1. The molecule has 5 nitrogen and oxygen atoms in total. The molecule has 2 bridgehead atoms. The van der Waals surface area contributed by atoms with Crippen LogP contribution < -0.4 is 0 Å². The second kappa shape index (κ2) is 7.99. The van der Waals surface area contributed by atoms with Gasteiger partial charge in [-0.15, -0.1) is 0 Å². The number of benzene rings is 1. The van der Waals surface area contributed by atoms with E-state index in [1.54, 1.807) is 16.4 Å². The Morgan fingerprint density at radius 1 is 1.00 bits per heavy atom. The average molecular weight is 412 g/mol. The molecule has 3 fully saturated rings. The maximum Gasteiger partial charge on any atom is 0.218 e. The predicted molar refractivity (Wildman–Crippen MR) is 109 cm³/mol. The van der Waals surface area contributed by atoms with Gasteiger partial charge in [-0.1, -0.05) is 30.2 Å². The van der Waals surface area contributed by atoms with Crippen LogP contribution in [0.1, 0.15) is 24.8 Å². The van der Waals surface area contributed by atoms with Crippen molar-refractivity contribution in [1.82, 2.24) is 14.1 Å². The van der Waals surface area contributed by atoms with Crippen molar-refractivity contribution >= 4 is 21.6 Å². The predicted octanol–water partition coefficient (Wildman–Crippen LogP) is 2.52. The van der Waals surface area contributed by atoms with Gasteiger partial charge in [-0.25, -0.2) is 12.7 Å². The van der Waals surface area contributed by atoms with Crippen molar-refractivity contribution in [1.29, 1.82) is 0 Å². The molecule has 1 aliphatic carbocycles. The average Bonchev–Trinajstić information content (AvgIpc) is 2.63. The fourth-order valence-corrected chi connectivity index (χ4v) is 6.95. The molecule has 7 heteroatoms. The highest BCUT2D eigenvalue weighted by atomic mass is 35.5. The largest absolute Gasteiger partial charge is 0.304 e. The zero-order chi connectivity index (χ0) is 19.0. The summed E-state index contributed by atoms with van der Waals surface area (Å²) in [4.78, 5) is 5.04. The van der Waals surface area contributed by atoms with Crippen LogP contribution in [0.4, 0.5) is 0 Å². The number of rotatable bonds is 4. The summed E-state index contributed by atoms with van der Waals surface area (Å²) in [7, 11) is -1.11. The molecule has 0 amide bonds. The van der Waals surface area contributed by atoms with E-state index in [4.69, 9.17) is 11.6 Å². The molecule has 3 aliphatic rings. The second-order valence-corrected chi connectivity index (χ2v) is 10.9. The summed E-state index contributed by atoms with van der Waals surface area (Å²) < 4.78 is 27.9. The Labute approximate surface area is 168 Å². The maximum absolute atomic E-state index is 13.1. The molecule has 27 heavy (non-hydrogen) atoms. The summed E-state index contributed by atoms with van der Waals surface area (Å²) in [5.74, 6) is 1.02. The van der Waals surface area contributed by atoms with Crippen LogP contribution in [-0.4, -0.2) is 74.9 Å². The number of hydrogen-bond acceptors (Lipinski definition) is 4. The molecule has 0 N–H and O–H groups in total. The van der Waals surface area contributed by atoms with E-state index < -0.39 is 10.0 Å². The number of hydrogen-bond donors (Lipinski definition) is 0. The van der Waals surface area contributed by atoms with Crippen LogP contribution in [0.3, 0.4) is 0 Å². The Kier molecular flexibility index (Phi) is 5.82. The lowest BCUT2D eigenvalue weighted by molar-refractivity contribution is -0.0141. The molecule has 2 heterocycles. The van der Waals surface area contributed by atoms with E-state index in [-0.39, 0.29) is 5.75 Å². The molecule has 0 spiro atoms. The molecule has 2 saturated heterocycles. The Bertz CT molecular complexity index is 733. The third kappa shape index (κ3) is 4.35. The molecular weight excluding hydrogens is 382 g/mol. The van der Waals surface area contributed by atoms with Crippen LogP contribution in [-0.2, 0) is 15.8 Å². The van der Waals surface area contributed by atoms with Crippen LogP contribution in [0.5, 0.6) is 0 Å². The van der Waals surface area contributed by atoms with Gasteiger partial charge in [0, 0.05) is 50.3 Å². The quantitative estimate of drug-likeness (QED) is 0.763. The molecule has 0 aromatic heterocycles. The van der Waals surface area contributed by atoms with Crippen molar-refractivity contribution in [3.05, 3.63) is 34.9 Å². The van der Waals surface area contributed by atoms with Crippen molar-refractivity contribution in [3.8, 4) is 0 Å². The second-order valence-electron chi connectivity index (χ2n) is 8.48. The van der Waals surface area contributed by atoms with Crippen LogP contribution in [0.25, 0.3) is 0 Å². The van der Waals surface area contributed by atoms with Gasteiger partial charge < -0.3 is 4.90 Å². The smallest absolute Gasteiger partial charge is 0.218 e. The van der Waals surface area contributed by atoms with Crippen LogP contribution in [0.15, 0.2) is 24.3 Å². The van der Waals surface area contributed by atoms with E-state index in [0.29, 0.717) is 36.0 Å². The Hall–Kier alpha value is -0.660. The van der Waals surface area contributed by atoms with Crippen LogP contribution in [0.2, 0.25) is 5.02 Å². The first kappa shape index (κ1) is 19.6. The van der Waals surface area contributed by atoms with Gasteiger partial charge in [0.15, 0.2) is 0 Å². The van der Waals surface area contributed by atoms with Crippen molar-refractivity contribution in [3.63, 3.8) is 0 Å². The lowest BCUT2D eigenvalue weighted by Gasteiger charge is -2.52. The Balaban J connectivity index is 1.46. The van der Waals surface area contributed by atoms with Gasteiger partial charge in [0.2, 0.25) is 10.0 Å². The molecule has 1 aromatic rings. The minimum Gasteiger partial charge on any atom is -0.304 e. The SMILES string of the molecule is CN1CCN(C2C3CCCC2CN(S(=O)(=O)Cc2ccc(Cl)cc2)C3)CC1. The fourth-order valence-electron chi connectivity index (χ4n) is 5.19. The molecule has 1 saturated carbocycles. The highest BCUT2D eigenvalue weighted by Crippen LogP contribution is 2.39. The number of likely N-dealkylation sites (N-methyl/N-ethyl adjacent to an activating group) is 1. The molecule has 4 rings (SSSR count). The van der Waals surface area contributed by atoms with Gasteiger partial charge in [0.05, 0.1) is 5.75 Å². The highest BCUT2D eigenvalue weighted by Gasteiger charge is 2.45. The van der Waals surface area contributed by atoms with Crippen LogP contribution in [0, 0.1) is 11.8 Å². The monoisotopic (exact) mass is 411 g/mol. The third-order valence-corrected chi connectivity index (χ3v) is 8.64. The maximum atomic E-state index is 13.1. The lowest BCUT2D eigenvalue weighted by Crippen LogP contribution is -2.62. The van der Waals surface area contributed by atoms with Gasteiger partial charge in [0.1, 0.15) is 0 Å². The number of sulfonamides is 1. The van der Waals surface area contributed by atoms with Crippen molar-refractivity contribution in [2.45, 2.75) is 31.1 Å². The zero-order valence-corrected chi connectivity index (χ0v) is 17.6. The molecule has 150 valence electrons. The number of nitrogens with zero attached hydrogens (tertiary/aromatic N) is 3. The van der Waals surface area contributed by atoms with Gasteiger partial charge in [-0.2, -0.15) is 0 Å². The lowest BCUT2D eigenvalue weighted by atomic mass is 9.73. The van der Waals surface area contributed by atoms with Gasteiger partial charge in [-0.05, 0) is 49.4 Å². The molecular formula is C20H30ClN3O2S. The fraction of sp³-hybridized carbons (Fsp3) is 0.700. The van der Waals surface area contributed by atoms with E-state index in [1.165, 1.54) is 6.42 Å². The number of fused-ring (bicyclic) bond motifs is 2. The molecule has 2 aliphatic heterocycles. The first-order valence-electron chi connectivity index (χ1n) is 10.1. The van der Waals surface area contributed by atoms with Crippen molar-refractivity contribution in [2.75, 3.05) is 46.3 Å². The summed E-state index contributed by atoms with van der Waals surface area (Å²) in [5.41, 5.74) is 0.811. The van der Waals surface area contributed by atoms with Gasteiger partial charge in [-0.3, -0.25) is 4.90 Å². The number of piperazine rings is 1. The summed E-state index contributed by atoms with van der Waals surface area (Å²) >= 11 is 5.93. The van der Waals surface area contributed by atoms with Crippen LogP contribution >= 0.6 is 11.6 Å². The van der Waals surface area contributed by atoms with E-state index in [1.807, 2.05) is 12.1 Å². The molecule has 1 aromatic carbocycles. The zero-order valence-electron chi connectivity index (χ0n) is 16.1. The first-order valence-corrected chi connectivity index (χ1v) is 12.1. The molecule has 0 radical (unpaired) electrons. The topological polar surface area (TPSA) is 43.9 Å². The Morgan fingerprint density at radius 2 is 1.59 bits per heavy atom. The minimum atomic E-state index is -3.29. The normalized spacial score (nSPS) is 31.1. The van der Waals surface area contributed by atoms with E-state index in [9.17, 15) is 8.42 Å². The standard InChI is InChI=1S/C20H30ClN3O2S/c1-22-9-11-23(12-10-22)20-17-3-2-4-18(20)14-24(13-17)27(25,26)15-16-5-7-19(21)8-6-16/h5-8,17-18,20H,2-4,9-15H2,1H3. The van der Waals surface area contributed by atoms with Crippen molar-refractivity contribution in [2.24, 2.45) is 11.8 Å². The number of halogens is 1. The van der Waals surface area contributed by atoms with E-state index >= 15 is 0 Å². The highest BCUT2D eigenvalue weighted by molar-refractivity contribution is 7.88. The van der Waals surface area contributed by atoms with Crippen molar-refractivity contribution < 1.29 is 8.42 Å². The summed E-state index contributed by atoms with van der Waals surface area (Å²) in [6, 6.07) is 7.73. The summed E-state index contributed by atoms with van der Waals surface area (Å²) in [6.45, 7) is 5.84. The van der Waals surface area contributed by atoms with E-state index in [0.717, 1.165) is 44.6 Å². The van der Waals surface area contributed by atoms with E-state index in [2.05, 4.69) is 16.8 Å². The molecule has 2 atom stereocenters. The first-order chi connectivity index (χ1) is 12.9.